The molecule has 0 bridgehead atoms. The smallest absolute Gasteiger partial charge is 0.404 e. The number of hydrogen-bond donors (Lipinski definition) is 2. The van der Waals surface area contributed by atoms with Crippen molar-refractivity contribution in [3.8, 4) is 0 Å². The summed E-state index contributed by atoms with van der Waals surface area (Å²) < 4.78 is 40.3. The predicted octanol–water partition coefficient (Wildman–Crippen LogP) is 4.24. The Kier molecular flexibility index (Phi) is 5.79. The Bertz CT molecular complexity index is 930. The van der Waals surface area contributed by atoms with Crippen LogP contribution in [0.3, 0.4) is 0 Å². The Hall–Kier alpha value is -2.74. The average Bonchev–Trinajstić information content (AvgIpc) is 3.15. The van der Waals surface area contributed by atoms with E-state index in [0.29, 0.717) is 24.4 Å². The molecule has 1 aromatic heterocycles. The van der Waals surface area contributed by atoms with Crippen molar-refractivity contribution in [3.63, 3.8) is 0 Å². The van der Waals surface area contributed by atoms with Crippen LogP contribution in [0, 0.1) is 0 Å². The second-order valence-corrected chi connectivity index (χ2v) is 6.76. The fourth-order valence-electron chi connectivity index (χ4n) is 3.09. The van der Waals surface area contributed by atoms with E-state index in [-0.39, 0.29) is 17.1 Å². The molecule has 0 aliphatic carbocycles. The molecule has 5 nitrogen and oxygen atoms in total. The third-order valence-corrected chi connectivity index (χ3v) is 4.70. The van der Waals surface area contributed by atoms with Gasteiger partial charge in [-0.25, -0.2) is 0 Å². The number of alkyl halides is 3. The van der Waals surface area contributed by atoms with E-state index in [9.17, 15) is 13.2 Å². The number of nitrogens with zero attached hydrogens (tertiary/aromatic N) is 3. The summed E-state index contributed by atoms with van der Waals surface area (Å²) in [5.41, 5.74) is 8.06. The molecule has 1 aromatic carbocycles. The van der Waals surface area contributed by atoms with Crippen LogP contribution in [0.15, 0.2) is 53.6 Å². The highest BCUT2D eigenvalue weighted by atomic mass is 35.5. The molecule has 0 fully saturated rings. The highest BCUT2D eigenvalue weighted by Gasteiger charge is 2.34. The number of allylic oxidation sites excluding steroid dienone is 3. The number of hydrogen-bond acceptors (Lipinski definition) is 4. The first kappa shape index (κ1) is 20.0. The minimum Gasteiger partial charge on any atom is -0.404 e. The van der Waals surface area contributed by atoms with Crippen LogP contribution < -0.4 is 5.73 Å². The molecule has 0 atom stereocenters. The van der Waals surface area contributed by atoms with E-state index in [4.69, 9.17) is 17.3 Å². The van der Waals surface area contributed by atoms with Gasteiger partial charge in [-0.05, 0) is 36.8 Å². The molecule has 2 aromatic rings. The highest BCUT2D eigenvalue weighted by molar-refractivity contribution is 6.30. The number of aromatic nitrogens is 2. The minimum absolute atomic E-state index is 0.0529. The molecule has 0 unspecified atom stereocenters. The van der Waals surface area contributed by atoms with E-state index >= 15 is 0 Å². The molecule has 1 aliphatic heterocycles. The van der Waals surface area contributed by atoms with Crippen molar-refractivity contribution < 1.29 is 13.2 Å². The standard InChI is InChI=1S/C19H19ClF3N5/c1-12-18(7-13(8-24)15-9-26-27-10-15)28(5-4-25-12)11-14-6-16(20)2-3-17(14)19(21,22)23/h2-3,6-10H,4-5,11,24H2,1H3,(H,26,27). The topological polar surface area (TPSA) is 70.3 Å². The maximum Gasteiger partial charge on any atom is 0.416 e. The molecule has 0 radical (unpaired) electrons. The first-order chi connectivity index (χ1) is 13.3. The van der Waals surface area contributed by atoms with Gasteiger partial charge in [0.15, 0.2) is 0 Å². The first-order valence-electron chi connectivity index (χ1n) is 8.54. The lowest BCUT2D eigenvalue weighted by Gasteiger charge is -2.31. The van der Waals surface area contributed by atoms with Crippen LogP contribution in [0.2, 0.25) is 5.02 Å². The quantitative estimate of drug-likeness (QED) is 0.793. The molecule has 0 amide bonds. The number of aliphatic imine (C=N–C) groups is 1. The summed E-state index contributed by atoms with van der Waals surface area (Å²) in [5.74, 6) is 0. The number of H-pyrrole nitrogens is 1. The Morgan fingerprint density at radius 3 is 2.82 bits per heavy atom. The highest BCUT2D eigenvalue weighted by Crippen LogP contribution is 2.34. The van der Waals surface area contributed by atoms with Gasteiger partial charge >= 0.3 is 6.18 Å². The summed E-state index contributed by atoms with van der Waals surface area (Å²) in [7, 11) is 0. The Balaban J connectivity index is 1.99. The van der Waals surface area contributed by atoms with Crippen LogP contribution in [0.1, 0.15) is 23.6 Å². The zero-order valence-electron chi connectivity index (χ0n) is 15.1. The van der Waals surface area contributed by atoms with Crippen LogP contribution in [0.25, 0.3) is 5.57 Å². The van der Waals surface area contributed by atoms with Crippen LogP contribution in [-0.2, 0) is 12.7 Å². The molecule has 28 heavy (non-hydrogen) atoms. The van der Waals surface area contributed by atoms with E-state index in [1.165, 1.54) is 18.3 Å². The minimum atomic E-state index is -4.46. The normalized spacial score (nSPS) is 17.2. The number of rotatable bonds is 4. The van der Waals surface area contributed by atoms with Gasteiger partial charge in [0.2, 0.25) is 0 Å². The number of nitrogens with two attached hydrogens (primary N) is 1. The summed E-state index contributed by atoms with van der Waals surface area (Å²) >= 11 is 5.96. The zero-order chi connectivity index (χ0) is 20.3. The maximum absolute atomic E-state index is 13.4. The summed E-state index contributed by atoms with van der Waals surface area (Å²) in [6.07, 6.45) is 2.09. The van der Waals surface area contributed by atoms with E-state index in [1.54, 1.807) is 18.5 Å². The van der Waals surface area contributed by atoms with Gasteiger partial charge in [0.25, 0.3) is 0 Å². The summed E-state index contributed by atoms with van der Waals surface area (Å²) in [6, 6.07) is 3.63. The molecular formula is C19H19ClF3N5. The fourth-order valence-corrected chi connectivity index (χ4v) is 3.28. The van der Waals surface area contributed by atoms with Crippen molar-refractivity contribution in [3.05, 3.63) is 70.3 Å². The van der Waals surface area contributed by atoms with Crippen molar-refractivity contribution >= 4 is 22.9 Å². The monoisotopic (exact) mass is 409 g/mol. The van der Waals surface area contributed by atoms with Gasteiger partial charge in [-0.2, -0.15) is 18.3 Å². The lowest BCUT2D eigenvalue weighted by atomic mass is 10.0. The molecular weight excluding hydrogens is 391 g/mol. The first-order valence-corrected chi connectivity index (χ1v) is 8.92. The molecule has 148 valence electrons. The average molecular weight is 410 g/mol. The van der Waals surface area contributed by atoms with Crippen molar-refractivity contribution in [2.24, 2.45) is 10.7 Å². The molecule has 0 spiro atoms. The lowest BCUT2D eigenvalue weighted by Crippen LogP contribution is -2.33. The number of aromatic amines is 1. The van der Waals surface area contributed by atoms with Crippen molar-refractivity contribution in [1.29, 1.82) is 0 Å². The Labute approximate surface area is 165 Å². The van der Waals surface area contributed by atoms with E-state index in [0.717, 1.165) is 17.3 Å². The second-order valence-electron chi connectivity index (χ2n) is 6.33. The van der Waals surface area contributed by atoms with Gasteiger partial charge < -0.3 is 10.6 Å². The SMILES string of the molecule is CC1=NCCN(Cc2cc(Cl)ccc2C(F)(F)F)C1=CC(=CN)c1cn[nH]c1. The Morgan fingerprint density at radius 1 is 1.39 bits per heavy atom. The van der Waals surface area contributed by atoms with Crippen molar-refractivity contribution in [1.82, 2.24) is 15.1 Å². The number of nitrogens with one attached hydrogen (secondary N) is 1. The van der Waals surface area contributed by atoms with Gasteiger partial charge in [0.1, 0.15) is 0 Å². The fraction of sp³-hybridized carbons (Fsp3) is 0.263. The van der Waals surface area contributed by atoms with Gasteiger partial charge in [-0.3, -0.25) is 10.1 Å². The lowest BCUT2D eigenvalue weighted by molar-refractivity contribution is -0.138. The zero-order valence-corrected chi connectivity index (χ0v) is 15.8. The summed E-state index contributed by atoms with van der Waals surface area (Å²) in [4.78, 5) is 6.28. The second kappa shape index (κ2) is 8.10. The third-order valence-electron chi connectivity index (χ3n) is 4.47. The van der Waals surface area contributed by atoms with Crippen LogP contribution in [-0.4, -0.2) is 33.9 Å². The molecule has 0 saturated carbocycles. The molecule has 9 heteroatoms. The summed E-state index contributed by atoms with van der Waals surface area (Å²) in [5, 5.41) is 6.88. The van der Waals surface area contributed by atoms with E-state index in [1.807, 2.05) is 11.8 Å². The van der Waals surface area contributed by atoms with Crippen molar-refractivity contribution in [2.75, 3.05) is 13.1 Å². The third kappa shape index (κ3) is 4.39. The molecule has 0 saturated heterocycles. The molecule has 1 aliphatic rings. The number of benzene rings is 1. The van der Waals surface area contributed by atoms with Gasteiger partial charge in [-0.1, -0.05) is 11.6 Å². The van der Waals surface area contributed by atoms with Crippen LogP contribution >= 0.6 is 11.6 Å². The maximum atomic E-state index is 13.4. The van der Waals surface area contributed by atoms with Gasteiger partial charge in [-0.15, -0.1) is 0 Å². The van der Waals surface area contributed by atoms with Gasteiger partial charge in [0.05, 0.1) is 29.7 Å². The van der Waals surface area contributed by atoms with Crippen LogP contribution in [0.5, 0.6) is 0 Å². The largest absolute Gasteiger partial charge is 0.416 e. The van der Waals surface area contributed by atoms with Gasteiger partial charge in [0, 0.05) is 41.6 Å². The number of halogens is 4. The van der Waals surface area contributed by atoms with Crippen molar-refractivity contribution in [2.45, 2.75) is 19.6 Å². The van der Waals surface area contributed by atoms with E-state index in [2.05, 4.69) is 15.2 Å². The molecule has 2 heterocycles. The van der Waals surface area contributed by atoms with E-state index < -0.39 is 11.7 Å². The summed E-state index contributed by atoms with van der Waals surface area (Å²) in [6.45, 7) is 2.86. The predicted molar refractivity (Wildman–Crippen MR) is 104 cm³/mol. The Morgan fingerprint density at radius 2 is 2.18 bits per heavy atom. The van der Waals surface area contributed by atoms with Crippen LogP contribution in [0.4, 0.5) is 13.2 Å². The molecule has 3 N–H and O–H groups in total. The molecule has 3 rings (SSSR count).